The molecule has 48 heavy (non-hydrogen) atoms. The van der Waals surface area contributed by atoms with Gasteiger partial charge in [-0.25, -0.2) is 0 Å². The van der Waals surface area contributed by atoms with Crippen LogP contribution in [0.4, 0.5) is 17.1 Å². The first-order valence-corrected chi connectivity index (χ1v) is 16.8. The molecule has 2 nitrogen and oxygen atoms in total. The molecule has 0 radical (unpaired) electrons. The first kappa shape index (κ1) is 28.4. The van der Waals surface area contributed by atoms with Crippen LogP contribution in [-0.4, -0.2) is 4.57 Å². The lowest BCUT2D eigenvalue weighted by atomic mass is 9.81. The Morgan fingerprint density at radius 1 is 0.479 bits per heavy atom. The second kappa shape index (κ2) is 10.9. The average Bonchev–Trinajstić information content (AvgIpc) is 3.58. The van der Waals surface area contributed by atoms with E-state index in [9.17, 15) is 0 Å². The Morgan fingerprint density at radius 3 is 1.96 bits per heavy atom. The molecular formula is C46H36N2. The normalized spacial score (nSPS) is 13.1. The number of aromatic nitrogens is 1. The quantitative estimate of drug-likeness (QED) is 0.187. The summed E-state index contributed by atoms with van der Waals surface area (Å²) in [5.74, 6) is 0. The van der Waals surface area contributed by atoms with Gasteiger partial charge in [-0.3, -0.25) is 0 Å². The minimum Gasteiger partial charge on any atom is -0.310 e. The van der Waals surface area contributed by atoms with Crippen LogP contribution in [0.15, 0.2) is 164 Å². The molecule has 0 saturated heterocycles. The van der Waals surface area contributed by atoms with Gasteiger partial charge in [0.1, 0.15) is 0 Å². The molecule has 1 aliphatic carbocycles. The highest BCUT2D eigenvalue weighted by Crippen LogP contribution is 2.51. The summed E-state index contributed by atoms with van der Waals surface area (Å²) in [5, 5.41) is 2.54. The summed E-state index contributed by atoms with van der Waals surface area (Å²) in [6.07, 6.45) is 0. The number of anilines is 3. The summed E-state index contributed by atoms with van der Waals surface area (Å²) in [7, 11) is 0. The van der Waals surface area contributed by atoms with Gasteiger partial charge < -0.3 is 9.47 Å². The fraction of sp³-hybridized carbons (Fsp3) is 0.0870. The highest BCUT2D eigenvalue weighted by Gasteiger charge is 2.38. The van der Waals surface area contributed by atoms with Crippen LogP contribution in [0.5, 0.6) is 0 Å². The van der Waals surface area contributed by atoms with Gasteiger partial charge >= 0.3 is 0 Å². The van der Waals surface area contributed by atoms with Gasteiger partial charge in [-0.05, 0) is 107 Å². The predicted octanol–water partition coefficient (Wildman–Crippen LogP) is 12.5. The molecule has 1 aromatic heterocycles. The zero-order valence-electron chi connectivity index (χ0n) is 27.5. The van der Waals surface area contributed by atoms with E-state index < -0.39 is 0 Å². The topological polar surface area (TPSA) is 8.17 Å². The number of hydrogen-bond donors (Lipinski definition) is 0. The third-order valence-electron chi connectivity index (χ3n) is 10.2. The molecule has 0 N–H and O–H groups in total. The Morgan fingerprint density at radius 2 is 1.12 bits per heavy atom. The van der Waals surface area contributed by atoms with Crippen LogP contribution >= 0.6 is 0 Å². The van der Waals surface area contributed by atoms with Crippen molar-refractivity contribution in [2.75, 3.05) is 4.90 Å². The first-order valence-electron chi connectivity index (χ1n) is 16.8. The maximum Gasteiger partial charge on any atom is 0.0541 e. The fourth-order valence-electron chi connectivity index (χ4n) is 8.01. The van der Waals surface area contributed by atoms with E-state index in [2.05, 4.69) is 194 Å². The van der Waals surface area contributed by atoms with Crippen LogP contribution in [-0.2, 0) is 5.41 Å². The molecule has 1 aliphatic rings. The lowest BCUT2D eigenvalue weighted by Gasteiger charge is -2.26. The molecule has 0 amide bonds. The van der Waals surface area contributed by atoms with Crippen LogP contribution in [0.25, 0.3) is 49.7 Å². The summed E-state index contributed by atoms with van der Waals surface area (Å²) in [5.41, 5.74) is 16.2. The Balaban J connectivity index is 1.17. The Hall–Kier alpha value is -5.86. The molecule has 230 valence electrons. The van der Waals surface area contributed by atoms with Crippen molar-refractivity contribution in [3.8, 4) is 27.9 Å². The maximum atomic E-state index is 2.49. The SMILES string of the molecule is Cc1cccc(N(c2ccccc2)c2ccc(-c3ccc4c(c3)c3ccccc3n4-c3cccc4c3C(C)(C)c3ccccc3-4)cc2)c1. The number of fused-ring (bicyclic) bond motifs is 6. The Bertz CT molecular complexity index is 2480. The van der Waals surface area contributed by atoms with Crippen LogP contribution in [0.2, 0.25) is 0 Å². The molecule has 0 spiro atoms. The maximum absolute atomic E-state index is 2.49. The summed E-state index contributed by atoms with van der Waals surface area (Å²) in [6, 6.07) is 59.8. The van der Waals surface area contributed by atoms with Gasteiger partial charge in [-0.1, -0.05) is 117 Å². The van der Waals surface area contributed by atoms with Crippen molar-refractivity contribution >= 4 is 38.9 Å². The molecule has 7 aromatic carbocycles. The van der Waals surface area contributed by atoms with Gasteiger partial charge in [0.05, 0.1) is 16.7 Å². The highest BCUT2D eigenvalue weighted by molar-refractivity contribution is 6.11. The lowest BCUT2D eigenvalue weighted by Crippen LogP contribution is -2.17. The first-order chi connectivity index (χ1) is 23.5. The van der Waals surface area contributed by atoms with E-state index in [-0.39, 0.29) is 5.41 Å². The zero-order valence-corrected chi connectivity index (χ0v) is 27.5. The smallest absolute Gasteiger partial charge is 0.0541 e. The van der Waals surface area contributed by atoms with Crippen molar-refractivity contribution in [3.63, 3.8) is 0 Å². The average molecular weight is 617 g/mol. The van der Waals surface area contributed by atoms with Crippen molar-refractivity contribution in [2.24, 2.45) is 0 Å². The summed E-state index contributed by atoms with van der Waals surface area (Å²) in [4.78, 5) is 2.33. The van der Waals surface area contributed by atoms with Gasteiger partial charge in [0, 0.05) is 33.2 Å². The molecule has 2 heteroatoms. The third-order valence-corrected chi connectivity index (χ3v) is 10.2. The number of hydrogen-bond acceptors (Lipinski definition) is 1. The Kier molecular flexibility index (Phi) is 6.42. The van der Waals surface area contributed by atoms with E-state index in [1.54, 1.807) is 0 Å². The Labute approximate surface area is 282 Å². The van der Waals surface area contributed by atoms with Crippen LogP contribution in [0.1, 0.15) is 30.5 Å². The summed E-state index contributed by atoms with van der Waals surface area (Å²) in [6.45, 7) is 6.89. The minimum absolute atomic E-state index is 0.103. The van der Waals surface area contributed by atoms with E-state index in [0.717, 1.165) is 17.1 Å². The number of para-hydroxylation sites is 2. The van der Waals surface area contributed by atoms with E-state index in [4.69, 9.17) is 0 Å². The van der Waals surface area contributed by atoms with Gasteiger partial charge in [0.2, 0.25) is 0 Å². The minimum atomic E-state index is -0.103. The van der Waals surface area contributed by atoms with Crippen molar-refractivity contribution in [2.45, 2.75) is 26.2 Å². The number of aryl methyl sites for hydroxylation is 1. The third kappa shape index (κ3) is 4.33. The van der Waals surface area contributed by atoms with Gasteiger partial charge in [-0.2, -0.15) is 0 Å². The van der Waals surface area contributed by atoms with Gasteiger partial charge in [0.25, 0.3) is 0 Å². The number of benzene rings is 7. The number of rotatable bonds is 5. The molecule has 0 aliphatic heterocycles. The molecule has 0 saturated carbocycles. The van der Waals surface area contributed by atoms with E-state index >= 15 is 0 Å². The van der Waals surface area contributed by atoms with Crippen LogP contribution < -0.4 is 4.90 Å². The molecule has 0 fully saturated rings. The van der Waals surface area contributed by atoms with E-state index in [1.807, 2.05) is 0 Å². The molecular weight excluding hydrogens is 581 g/mol. The lowest BCUT2D eigenvalue weighted by molar-refractivity contribution is 0.656. The van der Waals surface area contributed by atoms with Crippen molar-refractivity contribution in [1.29, 1.82) is 0 Å². The largest absolute Gasteiger partial charge is 0.310 e. The second-order valence-electron chi connectivity index (χ2n) is 13.5. The summed E-state index contributed by atoms with van der Waals surface area (Å²) >= 11 is 0. The van der Waals surface area contributed by atoms with Crippen LogP contribution in [0, 0.1) is 6.92 Å². The second-order valence-corrected chi connectivity index (χ2v) is 13.5. The highest BCUT2D eigenvalue weighted by atomic mass is 15.1. The predicted molar refractivity (Wildman–Crippen MR) is 203 cm³/mol. The molecule has 0 atom stereocenters. The molecule has 9 rings (SSSR count). The zero-order chi connectivity index (χ0) is 32.4. The standard InChI is InChI=1S/C46H36N2/c1-31-13-11-16-36(29-31)47(34-14-5-4-6-15-34)35-26-23-32(24-27-35)33-25-28-43-40(30-33)38-18-8-10-21-42(38)48(43)44-22-12-19-39-37-17-7-9-20-41(37)46(2,3)45(39)44/h4-30H,1-3H3. The number of nitrogens with zero attached hydrogens (tertiary/aromatic N) is 2. The van der Waals surface area contributed by atoms with Gasteiger partial charge in [0.15, 0.2) is 0 Å². The molecule has 1 heterocycles. The summed E-state index contributed by atoms with van der Waals surface area (Å²) < 4.78 is 2.49. The van der Waals surface area contributed by atoms with Gasteiger partial charge in [-0.15, -0.1) is 0 Å². The van der Waals surface area contributed by atoms with E-state index in [1.165, 1.54) is 66.4 Å². The van der Waals surface area contributed by atoms with Crippen molar-refractivity contribution in [3.05, 3.63) is 180 Å². The van der Waals surface area contributed by atoms with Crippen LogP contribution in [0.3, 0.4) is 0 Å². The van der Waals surface area contributed by atoms with Crippen molar-refractivity contribution < 1.29 is 0 Å². The molecule has 0 unspecified atom stereocenters. The molecule has 0 bridgehead atoms. The molecule has 8 aromatic rings. The fourth-order valence-corrected chi connectivity index (χ4v) is 8.01. The monoisotopic (exact) mass is 616 g/mol. The van der Waals surface area contributed by atoms with Crippen molar-refractivity contribution in [1.82, 2.24) is 4.57 Å². The van der Waals surface area contributed by atoms with E-state index in [0.29, 0.717) is 0 Å².